The molecule has 0 spiro atoms. The van der Waals surface area contributed by atoms with Crippen molar-refractivity contribution in [1.29, 1.82) is 0 Å². The van der Waals surface area contributed by atoms with Crippen molar-refractivity contribution in [2.24, 2.45) is 4.99 Å². The fourth-order valence-electron chi connectivity index (χ4n) is 2.88. The first kappa shape index (κ1) is 18.8. The molecule has 7 nitrogen and oxygen atoms in total. The highest BCUT2D eigenvalue weighted by Gasteiger charge is 2.14. The van der Waals surface area contributed by atoms with Gasteiger partial charge in [-0.25, -0.2) is 0 Å². The van der Waals surface area contributed by atoms with Gasteiger partial charge in [-0.15, -0.1) is 34.2 Å². The second-order valence-electron chi connectivity index (χ2n) is 5.77. The molecule has 2 aromatic heterocycles. The third-order valence-electron chi connectivity index (χ3n) is 4.15. The number of aliphatic imine (C=N–C) groups is 1. The fraction of sp³-hybridized carbons (Fsp3) is 0.562. The van der Waals surface area contributed by atoms with Crippen LogP contribution >= 0.6 is 24.0 Å². The van der Waals surface area contributed by atoms with Crippen LogP contribution in [0.2, 0.25) is 0 Å². The molecule has 2 N–H and O–H groups in total. The van der Waals surface area contributed by atoms with E-state index in [1.54, 1.807) is 7.05 Å². The minimum atomic E-state index is 0. The first-order valence-electron chi connectivity index (χ1n) is 8.33. The van der Waals surface area contributed by atoms with Crippen LogP contribution in [-0.2, 0) is 26.1 Å². The summed E-state index contributed by atoms with van der Waals surface area (Å²) in [5.41, 5.74) is 0. The topological polar surface area (TPSA) is 72.1 Å². The van der Waals surface area contributed by atoms with Gasteiger partial charge in [0.05, 0.1) is 6.54 Å². The molecule has 0 bridgehead atoms. The Morgan fingerprint density at radius 3 is 2.79 bits per heavy atom. The molecular weight excluding hydrogens is 417 g/mol. The minimum Gasteiger partial charge on any atom is -0.355 e. The highest BCUT2D eigenvalue weighted by molar-refractivity contribution is 14.0. The normalized spacial score (nSPS) is 14.5. The lowest BCUT2D eigenvalue weighted by atomic mass is 10.2. The SMILES string of the molecule is CN=C(NCCn1cccc1)NCc1nnc2n1CCCCC2.I. The van der Waals surface area contributed by atoms with Gasteiger partial charge in [0.15, 0.2) is 11.8 Å². The van der Waals surface area contributed by atoms with Crippen LogP contribution < -0.4 is 10.6 Å². The number of nitrogens with zero attached hydrogens (tertiary/aromatic N) is 5. The van der Waals surface area contributed by atoms with Crippen molar-refractivity contribution in [3.8, 4) is 0 Å². The number of hydrogen-bond donors (Lipinski definition) is 2. The molecule has 8 heteroatoms. The molecule has 24 heavy (non-hydrogen) atoms. The minimum absolute atomic E-state index is 0. The van der Waals surface area contributed by atoms with E-state index in [2.05, 4.69) is 47.4 Å². The van der Waals surface area contributed by atoms with Crippen molar-refractivity contribution < 1.29 is 0 Å². The van der Waals surface area contributed by atoms with Gasteiger partial charge < -0.3 is 19.8 Å². The Labute approximate surface area is 160 Å². The van der Waals surface area contributed by atoms with Gasteiger partial charge in [-0.05, 0) is 25.0 Å². The quantitative estimate of drug-likeness (QED) is 0.420. The van der Waals surface area contributed by atoms with Crippen LogP contribution in [0.4, 0.5) is 0 Å². The highest BCUT2D eigenvalue weighted by atomic mass is 127. The predicted octanol–water partition coefficient (Wildman–Crippen LogP) is 1.79. The Kier molecular flexibility index (Phi) is 7.54. The molecule has 0 unspecified atom stereocenters. The molecule has 0 atom stereocenters. The predicted molar refractivity (Wildman–Crippen MR) is 106 cm³/mol. The van der Waals surface area contributed by atoms with Crippen LogP contribution in [0.5, 0.6) is 0 Å². The Hall–Kier alpha value is -1.58. The average molecular weight is 443 g/mol. The zero-order valence-corrected chi connectivity index (χ0v) is 16.4. The van der Waals surface area contributed by atoms with Gasteiger partial charge in [0.2, 0.25) is 0 Å². The van der Waals surface area contributed by atoms with Gasteiger partial charge in [0.1, 0.15) is 5.82 Å². The summed E-state index contributed by atoms with van der Waals surface area (Å²) in [6.45, 7) is 3.41. The number of halogens is 1. The number of fused-ring (bicyclic) bond motifs is 1. The van der Waals surface area contributed by atoms with E-state index in [0.29, 0.717) is 6.54 Å². The maximum Gasteiger partial charge on any atom is 0.191 e. The lowest BCUT2D eigenvalue weighted by molar-refractivity contribution is 0.595. The van der Waals surface area contributed by atoms with Crippen molar-refractivity contribution in [2.45, 2.75) is 45.3 Å². The van der Waals surface area contributed by atoms with Gasteiger partial charge in [-0.3, -0.25) is 4.99 Å². The van der Waals surface area contributed by atoms with E-state index in [9.17, 15) is 0 Å². The molecule has 2 aromatic rings. The van der Waals surface area contributed by atoms with Crippen LogP contribution in [0, 0.1) is 0 Å². The van der Waals surface area contributed by atoms with Crippen molar-refractivity contribution in [3.05, 3.63) is 36.2 Å². The molecule has 0 saturated heterocycles. The van der Waals surface area contributed by atoms with Gasteiger partial charge in [0.25, 0.3) is 0 Å². The molecule has 3 heterocycles. The van der Waals surface area contributed by atoms with Crippen molar-refractivity contribution >= 4 is 29.9 Å². The monoisotopic (exact) mass is 443 g/mol. The third-order valence-corrected chi connectivity index (χ3v) is 4.15. The summed E-state index contributed by atoms with van der Waals surface area (Å²) in [6, 6.07) is 4.06. The van der Waals surface area contributed by atoms with Crippen LogP contribution in [-0.4, -0.2) is 38.9 Å². The summed E-state index contributed by atoms with van der Waals surface area (Å²) >= 11 is 0. The summed E-state index contributed by atoms with van der Waals surface area (Å²) in [5.74, 6) is 2.91. The Bertz CT molecular complexity index is 633. The largest absolute Gasteiger partial charge is 0.355 e. The summed E-state index contributed by atoms with van der Waals surface area (Å²) in [6.07, 6.45) is 8.86. The average Bonchev–Trinajstić information content (AvgIpc) is 3.15. The number of guanidine groups is 1. The van der Waals surface area contributed by atoms with E-state index in [0.717, 1.165) is 43.7 Å². The van der Waals surface area contributed by atoms with E-state index >= 15 is 0 Å². The molecule has 1 aliphatic heterocycles. The molecule has 0 aromatic carbocycles. The third kappa shape index (κ3) is 4.96. The second kappa shape index (κ2) is 9.65. The molecule has 0 saturated carbocycles. The zero-order chi connectivity index (χ0) is 15.9. The first-order valence-corrected chi connectivity index (χ1v) is 8.33. The second-order valence-corrected chi connectivity index (χ2v) is 5.77. The summed E-state index contributed by atoms with van der Waals surface area (Å²) in [7, 11) is 1.79. The van der Waals surface area contributed by atoms with E-state index in [1.807, 2.05) is 12.1 Å². The fourth-order valence-corrected chi connectivity index (χ4v) is 2.88. The number of aryl methyl sites for hydroxylation is 1. The van der Waals surface area contributed by atoms with E-state index in [4.69, 9.17) is 0 Å². The lowest BCUT2D eigenvalue weighted by Gasteiger charge is -2.13. The number of hydrogen-bond acceptors (Lipinski definition) is 3. The first-order chi connectivity index (χ1) is 11.4. The molecule has 0 amide bonds. The van der Waals surface area contributed by atoms with Crippen LogP contribution in [0.3, 0.4) is 0 Å². The van der Waals surface area contributed by atoms with E-state index in [-0.39, 0.29) is 24.0 Å². The Morgan fingerprint density at radius 1 is 1.17 bits per heavy atom. The van der Waals surface area contributed by atoms with Gasteiger partial charge in [-0.1, -0.05) is 6.42 Å². The molecular formula is C16H26IN7. The number of rotatable bonds is 5. The van der Waals surface area contributed by atoms with Gasteiger partial charge in [-0.2, -0.15) is 0 Å². The van der Waals surface area contributed by atoms with E-state index in [1.165, 1.54) is 19.3 Å². The standard InChI is InChI=1S/C16H25N7.HI/c1-17-16(18-8-12-22-9-5-6-10-22)19-13-15-21-20-14-7-3-2-4-11-23(14)15;/h5-6,9-10H,2-4,7-8,11-13H2,1H3,(H2,17,18,19);1H. The molecule has 1 aliphatic rings. The maximum atomic E-state index is 4.33. The lowest BCUT2D eigenvalue weighted by Crippen LogP contribution is -2.38. The molecule has 132 valence electrons. The summed E-state index contributed by atoms with van der Waals surface area (Å²) in [5, 5.41) is 15.3. The van der Waals surface area contributed by atoms with Gasteiger partial charge >= 0.3 is 0 Å². The van der Waals surface area contributed by atoms with Crippen molar-refractivity contribution in [1.82, 2.24) is 30.0 Å². The summed E-state index contributed by atoms with van der Waals surface area (Å²) in [4.78, 5) is 4.26. The summed E-state index contributed by atoms with van der Waals surface area (Å²) < 4.78 is 4.39. The molecule has 0 aliphatic carbocycles. The van der Waals surface area contributed by atoms with E-state index < -0.39 is 0 Å². The van der Waals surface area contributed by atoms with Crippen LogP contribution in [0.1, 0.15) is 30.9 Å². The number of nitrogens with one attached hydrogen (secondary N) is 2. The van der Waals surface area contributed by atoms with Crippen LogP contribution in [0.25, 0.3) is 0 Å². The van der Waals surface area contributed by atoms with Crippen LogP contribution in [0.15, 0.2) is 29.5 Å². The zero-order valence-electron chi connectivity index (χ0n) is 14.1. The number of aromatic nitrogens is 4. The maximum absolute atomic E-state index is 4.33. The molecule has 0 fully saturated rings. The Balaban J connectivity index is 0.00000208. The highest BCUT2D eigenvalue weighted by Crippen LogP contribution is 2.14. The van der Waals surface area contributed by atoms with Crippen molar-refractivity contribution in [3.63, 3.8) is 0 Å². The molecule has 3 rings (SSSR count). The van der Waals surface area contributed by atoms with Gasteiger partial charge in [0, 0.05) is 45.5 Å². The Morgan fingerprint density at radius 2 is 2.00 bits per heavy atom. The molecule has 0 radical (unpaired) electrons. The van der Waals surface area contributed by atoms with Crippen molar-refractivity contribution in [2.75, 3.05) is 13.6 Å². The smallest absolute Gasteiger partial charge is 0.191 e.